The van der Waals surface area contributed by atoms with Crippen molar-refractivity contribution in [2.75, 3.05) is 7.11 Å². The third-order valence-electron chi connectivity index (χ3n) is 5.04. The summed E-state index contributed by atoms with van der Waals surface area (Å²) in [7, 11) is 1.67. The number of thiazole rings is 1. The van der Waals surface area contributed by atoms with Gasteiger partial charge in [-0.05, 0) is 42.5 Å². The zero-order valence-corrected chi connectivity index (χ0v) is 17.8. The highest BCUT2D eigenvalue weighted by Crippen LogP contribution is 2.33. The molecule has 4 heteroatoms. The van der Waals surface area contributed by atoms with Gasteiger partial charge in [0, 0.05) is 16.7 Å². The van der Waals surface area contributed by atoms with E-state index in [1.807, 2.05) is 72.8 Å². The van der Waals surface area contributed by atoms with Gasteiger partial charge in [-0.25, -0.2) is 9.98 Å². The largest absolute Gasteiger partial charge is 0.497 e. The van der Waals surface area contributed by atoms with E-state index in [1.165, 1.54) is 0 Å². The van der Waals surface area contributed by atoms with Crippen LogP contribution in [0.2, 0.25) is 0 Å². The van der Waals surface area contributed by atoms with Crippen LogP contribution < -0.4 is 4.74 Å². The van der Waals surface area contributed by atoms with Crippen LogP contribution in [0.5, 0.6) is 5.75 Å². The van der Waals surface area contributed by atoms with Crippen LogP contribution in [0, 0.1) is 0 Å². The number of ether oxygens (including phenoxy) is 1. The van der Waals surface area contributed by atoms with Gasteiger partial charge in [0.25, 0.3) is 0 Å². The normalized spacial score (nSPS) is 10.7. The average molecular weight is 421 g/mol. The standard InChI is InChI=1S/C27H20N2OS/c1-30-23-15-12-21(13-16-23)27-29-24-17-14-22(18-25(24)31-27)28-26(19-8-4-2-5-9-19)20-10-6-3-7-11-20/h2-18H,1H3. The molecule has 0 saturated carbocycles. The molecule has 1 aromatic heterocycles. The molecule has 0 saturated heterocycles. The van der Waals surface area contributed by atoms with Crippen molar-refractivity contribution in [3.05, 3.63) is 114 Å². The van der Waals surface area contributed by atoms with Crippen LogP contribution in [0.15, 0.2) is 108 Å². The molecule has 0 N–H and O–H groups in total. The van der Waals surface area contributed by atoms with Gasteiger partial charge in [0.1, 0.15) is 10.8 Å². The predicted octanol–water partition coefficient (Wildman–Crippen LogP) is 7.14. The first-order valence-electron chi connectivity index (χ1n) is 10.0. The van der Waals surface area contributed by atoms with E-state index in [2.05, 4.69) is 30.3 Å². The Balaban J connectivity index is 1.56. The van der Waals surface area contributed by atoms with Crippen LogP contribution in [-0.2, 0) is 0 Å². The van der Waals surface area contributed by atoms with Gasteiger partial charge in [0.2, 0.25) is 0 Å². The maximum Gasteiger partial charge on any atom is 0.124 e. The molecule has 0 bridgehead atoms. The number of methoxy groups -OCH3 is 1. The van der Waals surface area contributed by atoms with E-state index in [0.29, 0.717) is 0 Å². The van der Waals surface area contributed by atoms with Gasteiger partial charge >= 0.3 is 0 Å². The predicted molar refractivity (Wildman–Crippen MR) is 130 cm³/mol. The second-order valence-electron chi connectivity index (χ2n) is 7.09. The van der Waals surface area contributed by atoms with Gasteiger partial charge in [0.15, 0.2) is 0 Å². The Labute approximate surface area is 185 Å². The number of rotatable bonds is 5. The molecule has 0 aliphatic carbocycles. The molecule has 0 radical (unpaired) electrons. The highest BCUT2D eigenvalue weighted by molar-refractivity contribution is 7.21. The number of aromatic nitrogens is 1. The van der Waals surface area contributed by atoms with Crippen molar-refractivity contribution in [1.29, 1.82) is 0 Å². The summed E-state index contributed by atoms with van der Waals surface area (Å²) in [6.45, 7) is 0. The molecule has 0 fully saturated rings. The third kappa shape index (κ3) is 4.11. The molecule has 0 aliphatic rings. The molecule has 0 amide bonds. The van der Waals surface area contributed by atoms with Crippen molar-refractivity contribution in [2.45, 2.75) is 0 Å². The lowest BCUT2D eigenvalue weighted by molar-refractivity contribution is 0.415. The summed E-state index contributed by atoms with van der Waals surface area (Å²) in [6, 6.07) is 34.8. The molecule has 5 rings (SSSR count). The van der Waals surface area contributed by atoms with Crippen LogP contribution in [0.3, 0.4) is 0 Å². The first-order chi connectivity index (χ1) is 15.3. The van der Waals surface area contributed by atoms with E-state index in [-0.39, 0.29) is 0 Å². The summed E-state index contributed by atoms with van der Waals surface area (Å²) in [5.41, 5.74) is 6.13. The first-order valence-corrected chi connectivity index (χ1v) is 10.9. The monoisotopic (exact) mass is 420 g/mol. The Bertz CT molecular complexity index is 1300. The Morgan fingerprint density at radius 1 is 0.774 bits per heavy atom. The van der Waals surface area contributed by atoms with Crippen molar-refractivity contribution in [3.63, 3.8) is 0 Å². The lowest BCUT2D eigenvalue weighted by atomic mass is 10.0. The SMILES string of the molecule is COc1ccc(-c2nc3ccc(N=C(c4ccccc4)c4ccccc4)cc3s2)cc1. The zero-order valence-electron chi connectivity index (χ0n) is 17.0. The molecule has 31 heavy (non-hydrogen) atoms. The summed E-state index contributed by atoms with van der Waals surface area (Å²) in [5.74, 6) is 0.843. The second-order valence-corrected chi connectivity index (χ2v) is 8.12. The summed E-state index contributed by atoms with van der Waals surface area (Å²) in [4.78, 5) is 9.84. The summed E-state index contributed by atoms with van der Waals surface area (Å²) in [6.07, 6.45) is 0. The van der Waals surface area contributed by atoms with Crippen LogP contribution in [0.25, 0.3) is 20.8 Å². The van der Waals surface area contributed by atoms with Crippen LogP contribution in [-0.4, -0.2) is 17.8 Å². The van der Waals surface area contributed by atoms with Gasteiger partial charge in [-0.1, -0.05) is 60.7 Å². The fourth-order valence-electron chi connectivity index (χ4n) is 3.46. The summed E-state index contributed by atoms with van der Waals surface area (Å²) < 4.78 is 6.38. The average Bonchev–Trinajstić information content (AvgIpc) is 3.27. The topological polar surface area (TPSA) is 34.5 Å². The Kier molecular flexibility index (Phi) is 5.29. The van der Waals surface area contributed by atoms with Gasteiger partial charge in [-0.3, -0.25) is 0 Å². The van der Waals surface area contributed by atoms with Crippen LogP contribution >= 0.6 is 11.3 Å². The minimum atomic E-state index is 0.843. The summed E-state index contributed by atoms with van der Waals surface area (Å²) >= 11 is 1.68. The quantitative estimate of drug-likeness (QED) is 0.283. The Hall–Kier alpha value is -3.76. The van der Waals surface area contributed by atoms with E-state index in [1.54, 1.807) is 18.4 Å². The molecule has 5 aromatic rings. The lowest BCUT2D eigenvalue weighted by Gasteiger charge is -2.07. The number of benzene rings is 4. The van der Waals surface area contributed by atoms with E-state index in [4.69, 9.17) is 14.7 Å². The molecule has 4 aromatic carbocycles. The Morgan fingerprint density at radius 2 is 1.42 bits per heavy atom. The first kappa shape index (κ1) is 19.2. The van der Waals surface area contributed by atoms with E-state index in [9.17, 15) is 0 Å². The fourth-order valence-corrected chi connectivity index (χ4v) is 4.46. The number of hydrogen-bond donors (Lipinski definition) is 0. The third-order valence-corrected chi connectivity index (χ3v) is 6.11. The van der Waals surface area contributed by atoms with Crippen molar-refractivity contribution < 1.29 is 4.74 Å². The molecule has 0 atom stereocenters. The second kappa shape index (κ2) is 8.54. The smallest absolute Gasteiger partial charge is 0.124 e. The molecule has 3 nitrogen and oxygen atoms in total. The molecular formula is C27H20N2OS. The van der Waals surface area contributed by atoms with Gasteiger partial charge < -0.3 is 4.74 Å². The molecular weight excluding hydrogens is 400 g/mol. The van der Waals surface area contributed by atoms with Crippen molar-refractivity contribution >= 4 is 33.0 Å². The highest BCUT2D eigenvalue weighted by Gasteiger charge is 2.10. The van der Waals surface area contributed by atoms with Gasteiger partial charge in [0.05, 0.1) is 28.7 Å². The number of aliphatic imine (C=N–C) groups is 1. The maximum absolute atomic E-state index is 5.26. The summed E-state index contributed by atoms with van der Waals surface area (Å²) in [5, 5.41) is 0.991. The number of hydrogen-bond acceptors (Lipinski definition) is 4. The Morgan fingerprint density at radius 3 is 2.03 bits per heavy atom. The van der Waals surface area contributed by atoms with Gasteiger partial charge in [-0.2, -0.15) is 0 Å². The highest BCUT2D eigenvalue weighted by atomic mass is 32.1. The van der Waals surface area contributed by atoms with E-state index in [0.717, 1.165) is 49.1 Å². The van der Waals surface area contributed by atoms with E-state index >= 15 is 0 Å². The molecule has 0 spiro atoms. The molecule has 0 aliphatic heterocycles. The lowest BCUT2D eigenvalue weighted by Crippen LogP contribution is -2.02. The number of nitrogens with zero attached hydrogens (tertiary/aromatic N) is 2. The minimum absolute atomic E-state index is 0.843. The minimum Gasteiger partial charge on any atom is -0.497 e. The van der Waals surface area contributed by atoms with Crippen molar-refractivity contribution in [2.24, 2.45) is 4.99 Å². The van der Waals surface area contributed by atoms with Crippen molar-refractivity contribution in [1.82, 2.24) is 4.98 Å². The maximum atomic E-state index is 5.26. The van der Waals surface area contributed by atoms with E-state index < -0.39 is 0 Å². The van der Waals surface area contributed by atoms with Crippen LogP contribution in [0.4, 0.5) is 5.69 Å². The molecule has 1 heterocycles. The fraction of sp³-hybridized carbons (Fsp3) is 0.0370. The zero-order chi connectivity index (χ0) is 21.0. The van der Waals surface area contributed by atoms with Gasteiger partial charge in [-0.15, -0.1) is 11.3 Å². The number of fused-ring (bicyclic) bond motifs is 1. The van der Waals surface area contributed by atoms with Crippen molar-refractivity contribution in [3.8, 4) is 16.3 Å². The van der Waals surface area contributed by atoms with Crippen LogP contribution in [0.1, 0.15) is 11.1 Å². The molecule has 0 unspecified atom stereocenters. The molecule has 150 valence electrons.